The molecule has 1 aromatic rings. The van der Waals surface area contributed by atoms with E-state index in [1.54, 1.807) is 6.92 Å². The Bertz CT molecular complexity index is 708. The molecule has 0 saturated heterocycles. The maximum absolute atomic E-state index is 12.0. The summed E-state index contributed by atoms with van der Waals surface area (Å²) >= 11 is 5.81. The second-order valence-electron chi connectivity index (χ2n) is 4.15. The molecule has 0 aliphatic heterocycles. The minimum absolute atomic E-state index is 0.0402. The van der Waals surface area contributed by atoms with Gasteiger partial charge in [-0.3, -0.25) is 0 Å². The SMILES string of the molecule is C=C(C)CNS(=O)(=O)c1cc(S(C)(=O)=O)ccc1Cl. The van der Waals surface area contributed by atoms with Crippen molar-refractivity contribution in [3.05, 3.63) is 35.4 Å². The quantitative estimate of drug-likeness (QED) is 0.835. The van der Waals surface area contributed by atoms with E-state index >= 15 is 0 Å². The fourth-order valence-electron chi connectivity index (χ4n) is 1.22. The van der Waals surface area contributed by atoms with Crippen LogP contribution < -0.4 is 4.72 Å². The number of sulfone groups is 1. The first-order valence-electron chi connectivity index (χ1n) is 5.17. The average Bonchev–Trinajstić information content (AvgIpc) is 2.25. The third-order valence-corrected chi connectivity index (χ3v) is 5.18. The van der Waals surface area contributed by atoms with E-state index in [2.05, 4.69) is 11.3 Å². The summed E-state index contributed by atoms with van der Waals surface area (Å²) in [6, 6.07) is 3.54. The van der Waals surface area contributed by atoms with Gasteiger partial charge in [0.1, 0.15) is 4.90 Å². The van der Waals surface area contributed by atoms with Crippen molar-refractivity contribution in [2.75, 3.05) is 12.8 Å². The monoisotopic (exact) mass is 323 g/mol. The predicted octanol–water partition coefficient (Wildman–Crippen LogP) is 1.60. The highest BCUT2D eigenvalue weighted by atomic mass is 35.5. The van der Waals surface area contributed by atoms with Gasteiger partial charge in [0, 0.05) is 12.8 Å². The number of sulfonamides is 1. The summed E-state index contributed by atoms with van der Waals surface area (Å²) in [5.74, 6) is 0. The second kappa shape index (κ2) is 5.62. The lowest BCUT2D eigenvalue weighted by atomic mass is 10.4. The van der Waals surface area contributed by atoms with Crippen LogP contribution in [0, 0.1) is 0 Å². The Kier molecular flexibility index (Phi) is 4.78. The molecule has 0 bridgehead atoms. The zero-order valence-electron chi connectivity index (χ0n) is 10.5. The predicted molar refractivity (Wildman–Crippen MR) is 74.6 cm³/mol. The van der Waals surface area contributed by atoms with Crippen molar-refractivity contribution in [2.45, 2.75) is 16.7 Å². The van der Waals surface area contributed by atoms with E-state index < -0.39 is 19.9 Å². The van der Waals surface area contributed by atoms with Crippen LogP contribution in [-0.4, -0.2) is 29.6 Å². The van der Waals surface area contributed by atoms with Gasteiger partial charge in [-0.15, -0.1) is 0 Å². The summed E-state index contributed by atoms with van der Waals surface area (Å²) < 4.78 is 49.1. The van der Waals surface area contributed by atoms with Crippen LogP contribution in [0.5, 0.6) is 0 Å². The van der Waals surface area contributed by atoms with E-state index in [-0.39, 0.29) is 21.4 Å². The van der Waals surface area contributed by atoms with Gasteiger partial charge in [-0.05, 0) is 25.1 Å². The zero-order valence-corrected chi connectivity index (χ0v) is 12.9. The van der Waals surface area contributed by atoms with Crippen LogP contribution in [0.3, 0.4) is 0 Å². The molecule has 0 atom stereocenters. The molecule has 0 saturated carbocycles. The summed E-state index contributed by atoms with van der Waals surface area (Å²) in [6.07, 6.45) is 0.994. The van der Waals surface area contributed by atoms with Crippen molar-refractivity contribution < 1.29 is 16.8 Å². The normalized spacial score (nSPS) is 12.4. The van der Waals surface area contributed by atoms with Gasteiger partial charge >= 0.3 is 0 Å². The molecular formula is C11H14ClNO4S2. The molecule has 5 nitrogen and oxygen atoms in total. The molecule has 1 rings (SSSR count). The van der Waals surface area contributed by atoms with Gasteiger partial charge in [0.2, 0.25) is 10.0 Å². The first kappa shape index (κ1) is 16.2. The van der Waals surface area contributed by atoms with E-state index in [1.807, 2.05) is 0 Å². The van der Waals surface area contributed by atoms with Gasteiger partial charge in [-0.1, -0.05) is 23.8 Å². The molecular weight excluding hydrogens is 310 g/mol. The minimum atomic E-state index is -3.88. The van der Waals surface area contributed by atoms with Crippen LogP contribution in [0.25, 0.3) is 0 Å². The zero-order chi connectivity index (χ0) is 14.8. The van der Waals surface area contributed by atoms with Crippen LogP contribution in [0.4, 0.5) is 0 Å². The van der Waals surface area contributed by atoms with Crippen LogP contribution in [0.1, 0.15) is 6.92 Å². The molecule has 8 heteroatoms. The van der Waals surface area contributed by atoms with Gasteiger partial charge in [-0.2, -0.15) is 0 Å². The molecule has 19 heavy (non-hydrogen) atoms. The number of benzene rings is 1. The lowest BCUT2D eigenvalue weighted by molar-refractivity contribution is 0.584. The molecule has 0 heterocycles. The van der Waals surface area contributed by atoms with Crippen molar-refractivity contribution in [3.63, 3.8) is 0 Å². The molecule has 0 aromatic heterocycles. The maximum Gasteiger partial charge on any atom is 0.242 e. The Hall–Kier alpha value is -0.890. The van der Waals surface area contributed by atoms with Crippen molar-refractivity contribution in [1.82, 2.24) is 4.72 Å². The molecule has 0 fully saturated rings. The molecule has 0 spiro atoms. The third-order valence-electron chi connectivity index (χ3n) is 2.18. The van der Waals surface area contributed by atoms with Gasteiger partial charge in [0.05, 0.1) is 9.92 Å². The third kappa shape index (κ3) is 4.31. The summed E-state index contributed by atoms with van der Waals surface area (Å²) in [7, 11) is -7.38. The van der Waals surface area contributed by atoms with Crippen LogP contribution >= 0.6 is 11.6 Å². The number of halogens is 1. The Balaban J connectivity index is 3.30. The Morgan fingerprint density at radius 2 is 1.89 bits per heavy atom. The lowest BCUT2D eigenvalue weighted by Gasteiger charge is -2.09. The number of hydrogen-bond acceptors (Lipinski definition) is 4. The fraction of sp³-hybridized carbons (Fsp3) is 0.273. The minimum Gasteiger partial charge on any atom is -0.224 e. The Morgan fingerprint density at radius 3 is 2.37 bits per heavy atom. The topological polar surface area (TPSA) is 80.3 Å². The summed E-state index contributed by atoms with van der Waals surface area (Å²) in [5, 5.41) is -0.0402. The standard InChI is InChI=1S/C11H14ClNO4S2/c1-8(2)7-13-19(16,17)11-6-9(18(3,14)15)4-5-10(11)12/h4-6,13H,1,7H2,2-3H3. The number of rotatable bonds is 5. The van der Waals surface area contributed by atoms with Crippen LogP contribution in [-0.2, 0) is 19.9 Å². The first-order chi connectivity index (χ1) is 8.54. The molecule has 0 aliphatic rings. The van der Waals surface area contributed by atoms with Gasteiger partial charge < -0.3 is 0 Å². The molecule has 1 aromatic carbocycles. The second-order valence-corrected chi connectivity index (χ2v) is 8.30. The van der Waals surface area contributed by atoms with E-state index in [0.29, 0.717) is 5.57 Å². The van der Waals surface area contributed by atoms with E-state index in [1.165, 1.54) is 12.1 Å². The average molecular weight is 324 g/mol. The van der Waals surface area contributed by atoms with E-state index in [9.17, 15) is 16.8 Å². The molecule has 0 amide bonds. The highest BCUT2D eigenvalue weighted by Crippen LogP contribution is 2.24. The largest absolute Gasteiger partial charge is 0.242 e. The summed E-state index contributed by atoms with van der Waals surface area (Å²) in [5.41, 5.74) is 0.624. The molecule has 1 N–H and O–H groups in total. The van der Waals surface area contributed by atoms with Crippen molar-refractivity contribution in [3.8, 4) is 0 Å². The number of hydrogen-bond donors (Lipinski definition) is 1. The van der Waals surface area contributed by atoms with Crippen LogP contribution in [0.15, 0.2) is 40.1 Å². The number of nitrogens with one attached hydrogen (secondary N) is 1. The Labute approximate surface area is 118 Å². The maximum atomic E-state index is 12.0. The molecule has 0 unspecified atom stereocenters. The van der Waals surface area contributed by atoms with E-state index in [4.69, 9.17) is 11.6 Å². The van der Waals surface area contributed by atoms with Crippen molar-refractivity contribution in [2.24, 2.45) is 0 Å². The fourth-order valence-corrected chi connectivity index (χ4v) is 3.56. The highest BCUT2D eigenvalue weighted by molar-refractivity contribution is 7.91. The smallest absolute Gasteiger partial charge is 0.224 e. The Morgan fingerprint density at radius 1 is 1.32 bits per heavy atom. The molecule has 0 radical (unpaired) electrons. The van der Waals surface area contributed by atoms with Crippen molar-refractivity contribution >= 4 is 31.5 Å². The molecule has 106 valence electrons. The van der Waals surface area contributed by atoms with Gasteiger partial charge in [0.25, 0.3) is 0 Å². The molecule has 0 aliphatic carbocycles. The lowest BCUT2D eigenvalue weighted by Crippen LogP contribution is -2.25. The van der Waals surface area contributed by atoms with Crippen molar-refractivity contribution in [1.29, 1.82) is 0 Å². The van der Waals surface area contributed by atoms with Gasteiger partial charge in [-0.25, -0.2) is 21.6 Å². The van der Waals surface area contributed by atoms with Gasteiger partial charge in [0.15, 0.2) is 9.84 Å². The summed E-state index contributed by atoms with van der Waals surface area (Å²) in [4.78, 5) is -0.369. The summed E-state index contributed by atoms with van der Waals surface area (Å²) in [6.45, 7) is 5.30. The van der Waals surface area contributed by atoms with Crippen LogP contribution in [0.2, 0.25) is 5.02 Å². The van der Waals surface area contributed by atoms with E-state index in [0.717, 1.165) is 12.3 Å². The highest BCUT2D eigenvalue weighted by Gasteiger charge is 2.20. The first-order valence-corrected chi connectivity index (χ1v) is 8.93.